The number of ether oxygens (including phenoxy) is 3. The summed E-state index contributed by atoms with van der Waals surface area (Å²) >= 11 is 1.54. The molecular formula is C25H30N2O5S. The lowest BCUT2D eigenvalue weighted by atomic mass is 10.1. The van der Waals surface area contributed by atoms with Crippen LogP contribution in [0.1, 0.15) is 35.3 Å². The highest BCUT2D eigenvalue weighted by molar-refractivity contribution is 8.02. The molecular weight excluding hydrogens is 440 g/mol. The number of rotatable bonds is 10. The summed E-state index contributed by atoms with van der Waals surface area (Å²) in [5.74, 6) is 2.03. The van der Waals surface area contributed by atoms with E-state index >= 15 is 0 Å². The van der Waals surface area contributed by atoms with Gasteiger partial charge in [-0.1, -0.05) is 12.1 Å². The molecule has 0 radical (unpaired) electrons. The number of amides is 2. The lowest BCUT2D eigenvalue weighted by Crippen LogP contribution is -2.26. The first-order valence-electron chi connectivity index (χ1n) is 11.0. The first-order valence-corrected chi connectivity index (χ1v) is 12.1. The summed E-state index contributed by atoms with van der Waals surface area (Å²) in [5.41, 5.74) is 2.96. The third-order valence-corrected chi connectivity index (χ3v) is 5.71. The Labute approximate surface area is 198 Å². The molecule has 0 spiro atoms. The predicted octanol–water partition coefficient (Wildman–Crippen LogP) is 4.31. The lowest BCUT2D eigenvalue weighted by molar-refractivity contribution is -0.116. The summed E-state index contributed by atoms with van der Waals surface area (Å²) in [6.07, 6.45) is 0.650. The molecule has 0 bridgehead atoms. The van der Waals surface area contributed by atoms with Gasteiger partial charge in [-0.3, -0.25) is 9.59 Å². The Morgan fingerprint density at radius 3 is 2.55 bits per heavy atom. The van der Waals surface area contributed by atoms with E-state index in [4.69, 9.17) is 14.2 Å². The number of carbonyl (C=O) groups is 2. The number of thioether (sulfide) groups is 1. The van der Waals surface area contributed by atoms with Gasteiger partial charge in [-0.25, -0.2) is 0 Å². The summed E-state index contributed by atoms with van der Waals surface area (Å²) < 4.78 is 16.7. The number of anilines is 1. The van der Waals surface area contributed by atoms with E-state index in [9.17, 15) is 9.59 Å². The van der Waals surface area contributed by atoms with Crippen molar-refractivity contribution in [3.63, 3.8) is 0 Å². The van der Waals surface area contributed by atoms with E-state index in [-0.39, 0.29) is 11.8 Å². The molecule has 2 N–H and O–H groups in total. The fraction of sp³-hybridized carbons (Fsp3) is 0.360. The second-order valence-electron chi connectivity index (χ2n) is 7.34. The second-order valence-corrected chi connectivity index (χ2v) is 8.32. The van der Waals surface area contributed by atoms with E-state index in [1.54, 1.807) is 29.3 Å². The first-order chi connectivity index (χ1) is 16.0. The van der Waals surface area contributed by atoms with Crippen LogP contribution in [0.2, 0.25) is 0 Å². The molecule has 0 saturated heterocycles. The summed E-state index contributed by atoms with van der Waals surface area (Å²) in [6, 6.07) is 11.1. The molecule has 0 unspecified atom stereocenters. The van der Waals surface area contributed by atoms with Crippen molar-refractivity contribution >= 4 is 29.3 Å². The van der Waals surface area contributed by atoms with Gasteiger partial charge < -0.3 is 24.8 Å². The van der Waals surface area contributed by atoms with Gasteiger partial charge in [0.25, 0.3) is 11.8 Å². The van der Waals surface area contributed by atoms with Crippen LogP contribution in [0.3, 0.4) is 0 Å². The number of hydrogen-bond acceptors (Lipinski definition) is 6. The van der Waals surface area contributed by atoms with Crippen LogP contribution in [0.4, 0.5) is 5.69 Å². The molecule has 1 aliphatic rings. The van der Waals surface area contributed by atoms with Crippen molar-refractivity contribution in [3.05, 3.63) is 64.3 Å². The normalized spacial score (nSPS) is 12.9. The molecule has 1 heterocycles. The Balaban J connectivity index is 1.59. The standard InChI is InChI=1S/C25H30N2O5S/c1-4-30-21-9-7-18(14-22(21)31-5-2)10-11-26-24(28)19-8-6-17(3)20(15-19)27-25(29)23-16-33-13-12-32-23/h6-9,14-16H,4-5,10-13H2,1-3H3,(H,26,28)(H,27,29). The molecule has 8 heteroatoms. The minimum atomic E-state index is -0.316. The highest BCUT2D eigenvalue weighted by atomic mass is 32.2. The molecule has 2 aromatic rings. The molecule has 0 aliphatic carbocycles. The summed E-state index contributed by atoms with van der Waals surface area (Å²) in [7, 11) is 0. The van der Waals surface area contributed by atoms with Crippen LogP contribution in [-0.4, -0.2) is 43.9 Å². The van der Waals surface area contributed by atoms with E-state index in [0.29, 0.717) is 61.3 Å². The van der Waals surface area contributed by atoms with Gasteiger partial charge in [0.15, 0.2) is 17.3 Å². The maximum atomic E-state index is 12.7. The van der Waals surface area contributed by atoms with Crippen molar-refractivity contribution in [2.24, 2.45) is 0 Å². The van der Waals surface area contributed by atoms with Crippen LogP contribution in [-0.2, 0) is 16.0 Å². The number of aryl methyl sites for hydroxylation is 1. The third-order valence-electron chi connectivity index (χ3n) is 4.93. The quantitative estimate of drug-likeness (QED) is 0.538. The molecule has 33 heavy (non-hydrogen) atoms. The number of benzene rings is 2. The van der Waals surface area contributed by atoms with Crippen molar-refractivity contribution < 1.29 is 23.8 Å². The van der Waals surface area contributed by atoms with Gasteiger partial charge in [0.05, 0.1) is 19.8 Å². The van der Waals surface area contributed by atoms with Gasteiger partial charge in [0.1, 0.15) is 0 Å². The molecule has 176 valence electrons. The van der Waals surface area contributed by atoms with Gasteiger partial charge in [-0.15, -0.1) is 11.8 Å². The van der Waals surface area contributed by atoms with Gasteiger partial charge >= 0.3 is 0 Å². The Kier molecular flexibility index (Phi) is 9.06. The Morgan fingerprint density at radius 2 is 1.82 bits per heavy atom. The van der Waals surface area contributed by atoms with Crippen LogP contribution >= 0.6 is 11.8 Å². The van der Waals surface area contributed by atoms with E-state index in [0.717, 1.165) is 16.9 Å². The average Bonchev–Trinajstić information content (AvgIpc) is 2.82. The third kappa shape index (κ3) is 6.92. The molecule has 0 aromatic heterocycles. The monoisotopic (exact) mass is 470 g/mol. The largest absolute Gasteiger partial charge is 0.490 e. The van der Waals surface area contributed by atoms with Crippen molar-refractivity contribution in [3.8, 4) is 11.5 Å². The van der Waals surface area contributed by atoms with Crippen LogP contribution < -0.4 is 20.1 Å². The van der Waals surface area contributed by atoms with Crippen molar-refractivity contribution in [2.45, 2.75) is 27.2 Å². The fourth-order valence-corrected chi connectivity index (χ4v) is 3.87. The summed E-state index contributed by atoms with van der Waals surface area (Å²) in [6.45, 7) is 7.83. The minimum absolute atomic E-state index is 0.204. The molecule has 0 fully saturated rings. The minimum Gasteiger partial charge on any atom is -0.490 e. The van der Waals surface area contributed by atoms with Crippen molar-refractivity contribution in [2.75, 3.05) is 37.4 Å². The molecule has 7 nitrogen and oxygen atoms in total. The summed E-state index contributed by atoms with van der Waals surface area (Å²) in [5, 5.41) is 7.49. The Bertz CT molecular complexity index is 1020. The van der Waals surface area contributed by atoms with E-state index < -0.39 is 0 Å². The smallest absolute Gasteiger partial charge is 0.291 e. The maximum Gasteiger partial charge on any atom is 0.291 e. The highest BCUT2D eigenvalue weighted by Gasteiger charge is 2.16. The van der Waals surface area contributed by atoms with E-state index in [2.05, 4.69) is 10.6 Å². The first kappa shape index (κ1) is 24.5. The zero-order valence-electron chi connectivity index (χ0n) is 19.2. The molecule has 2 aromatic carbocycles. The molecule has 2 amide bonds. The SMILES string of the molecule is CCOc1ccc(CCNC(=O)c2ccc(C)c(NC(=O)C3=CSCCO3)c2)cc1OCC. The van der Waals surface area contributed by atoms with Crippen LogP contribution in [0, 0.1) is 6.92 Å². The Hall–Kier alpha value is -3.13. The zero-order chi connectivity index (χ0) is 23.6. The van der Waals surface area contributed by atoms with E-state index in [1.807, 2.05) is 45.0 Å². The Morgan fingerprint density at radius 1 is 1.03 bits per heavy atom. The van der Waals surface area contributed by atoms with Gasteiger partial charge in [-0.05, 0) is 62.6 Å². The van der Waals surface area contributed by atoms with E-state index in [1.165, 1.54) is 0 Å². The topological polar surface area (TPSA) is 85.9 Å². The molecule has 0 atom stereocenters. The molecule has 1 aliphatic heterocycles. The maximum absolute atomic E-state index is 12.7. The van der Waals surface area contributed by atoms with Crippen LogP contribution in [0.15, 0.2) is 47.6 Å². The second kappa shape index (κ2) is 12.2. The van der Waals surface area contributed by atoms with Crippen LogP contribution in [0.25, 0.3) is 0 Å². The fourth-order valence-electron chi connectivity index (χ4n) is 3.24. The highest BCUT2D eigenvalue weighted by Crippen LogP contribution is 2.28. The van der Waals surface area contributed by atoms with Gasteiger partial charge in [-0.2, -0.15) is 0 Å². The van der Waals surface area contributed by atoms with Crippen molar-refractivity contribution in [1.82, 2.24) is 5.32 Å². The number of carbonyl (C=O) groups excluding carboxylic acids is 2. The zero-order valence-corrected chi connectivity index (χ0v) is 20.1. The molecule has 3 rings (SSSR count). The number of hydrogen-bond donors (Lipinski definition) is 2. The predicted molar refractivity (Wildman–Crippen MR) is 131 cm³/mol. The van der Waals surface area contributed by atoms with Crippen molar-refractivity contribution in [1.29, 1.82) is 0 Å². The van der Waals surface area contributed by atoms with Gasteiger partial charge in [0, 0.05) is 29.0 Å². The van der Waals surface area contributed by atoms with Gasteiger partial charge in [0.2, 0.25) is 0 Å². The summed E-state index contributed by atoms with van der Waals surface area (Å²) in [4.78, 5) is 25.1. The lowest BCUT2D eigenvalue weighted by Gasteiger charge is -2.15. The number of nitrogens with one attached hydrogen (secondary N) is 2. The van der Waals surface area contributed by atoms with Crippen LogP contribution in [0.5, 0.6) is 11.5 Å². The molecule has 0 saturated carbocycles. The average molecular weight is 471 g/mol.